The van der Waals surface area contributed by atoms with Crippen molar-refractivity contribution in [1.29, 1.82) is 0 Å². The molecule has 0 N–H and O–H groups in total. The molecule has 2 unspecified atom stereocenters. The fraction of sp³-hybridized carbons (Fsp3) is 0.700. The number of quaternary nitrogens is 1. The maximum Gasteiger partial charge on any atom is 0.346 e. The highest BCUT2D eigenvalue weighted by Crippen LogP contribution is 2.25. The maximum atomic E-state index is 12.6. The molecule has 0 aliphatic rings. The van der Waals surface area contributed by atoms with E-state index in [0.717, 1.165) is 6.41 Å². The van der Waals surface area contributed by atoms with E-state index < -0.39 is 24.1 Å². The van der Waals surface area contributed by atoms with Crippen molar-refractivity contribution in [2.75, 3.05) is 33.1 Å². The van der Waals surface area contributed by atoms with E-state index in [0.29, 0.717) is 11.0 Å². The van der Waals surface area contributed by atoms with Crippen LogP contribution in [0.3, 0.4) is 0 Å². The lowest BCUT2D eigenvalue weighted by Crippen LogP contribution is -2.55. The van der Waals surface area contributed by atoms with E-state index in [1.807, 2.05) is 13.8 Å². The van der Waals surface area contributed by atoms with Crippen molar-refractivity contribution in [3.05, 3.63) is 5.82 Å². The second kappa shape index (κ2) is 12.0. The van der Waals surface area contributed by atoms with E-state index in [1.54, 1.807) is 27.9 Å². The Hall–Kier alpha value is -2.47. The molecule has 1 rings (SSSR count). The summed E-state index contributed by atoms with van der Waals surface area (Å²) >= 11 is 1.19. The van der Waals surface area contributed by atoms with Crippen LogP contribution in [0.25, 0.3) is 0 Å². The van der Waals surface area contributed by atoms with Crippen molar-refractivity contribution < 1.29 is 33.1 Å². The molecule has 1 heterocycles. The summed E-state index contributed by atoms with van der Waals surface area (Å²) in [7, 11) is 3.22. The molecule has 0 saturated carbocycles. The van der Waals surface area contributed by atoms with Gasteiger partial charge in [-0.15, -0.1) is 5.10 Å². The molecule has 2 atom stereocenters. The number of thioether (sulfide) groups is 1. The van der Waals surface area contributed by atoms with E-state index in [9.17, 15) is 19.2 Å². The van der Waals surface area contributed by atoms with Crippen molar-refractivity contribution >= 4 is 36.1 Å². The van der Waals surface area contributed by atoms with Gasteiger partial charge >= 0.3 is 24.4 Å². The Morgan fingerprint density at radius 1 is 1.06 bits per heavy atom. The van der Waals surface area contributed by atoms with Gasteiger partial charge in [0, 0.05) is 33.9 Å². The lowest BCUT2D eigenvalue weighted by molar-refractivity contribution is -0.839. The average molecular weight is 473 g/mol. The molecule has 0 bridgehead atoms. The van der Waals surface area contributed by atoms with Gasteiger partial charge in [-0.2, -0.15) is 4.68 Å². The van der Waals surface area contributed by atoms with Gasteiger partial charge in [0.05, 0.1) is 0 Å². The van der Waals surface area contributed by atoms with Crippen molar-refractivity contribution in [2.45, 2.75) is 64.8 Å². The number of esters is 2. The minimum absolute atomic E-state index is 0.00357. The first-order valence-electron chi connectivity index (χ1n) is 10.3. The Morgan fingerprint density at radius 3 is 1.94 bits per heavy atom. The molecule has 32 heavy (non-hydrogen) atoms. The molecular formula is C20H34N5O6S+. The minimum atomic E-state index is -0.560. The fourth-order valence-electron chi connectivity index (χ4n) is 3.11. The summed E-state index contributed by atoms with van der Waals surface area (Å²) in [4.78, 5) is 53.5. The average Bonchev–Trinajstić information content (AvgIpc) is 3.08. The number of nitrogens with zero attached hydrogens (tertiary/aromatic N) is 5. The highest BCUT2D eigenvalue weighted by Gasteiger charge is 2.35. The quantitative estimate of drug-likeness (QED) is 0.156. The Labute approximate surface area is 193 Å². The Kier molecular flexibility index (Phi) is 10.3. The largest absolute Gasteiger partial charge is 0.457 e. The first kappa shape index (κ1) is 27.6. The third-order valence-corrected chi connectivity index (χ3v) is 5.49. The van der Waals surface area contributed by atoms with Crippen molar-refractivity contribution in [3.63, 3.8) is 0 Å². The smallest absolute Gasteiger partial charge is 0.346 e. The van der Waals surface area contributed by atoms with Gasteiger partial charge in [-0.05, 0) is 25.6 Å². The zero-order valence-corrected chi connectivity index (χ0v) is 20.8. The molecular weight excluding hydrogens is 438 g/mol. The zero-order valence-electron chi connectivity index (χ0n) is 20.0. The zero-order chi connectivity index (χ0) is 24.6. The summed E-state index contributed by atoms with van der Waals surface area (Å²) in [6.45, 7) is 10.1. The summed E-state index contributed by atoms with van der Waals surface area (Å²) < 4.78 is 11.5. The third kappa shape index (κ3) is 8.23. The number of carbonyl (C=O) groups excluding carboxylic acids is 4. The Bertz CT molecular complexity index is 801. The summed E-state index contributed by atoms with van der Waals surface area (Å²) in [6.07, 6.45) is -0.379. The van der Waals surface area contributed by atoms with E-state index in [1.165, 1.54) is 35.2 Å². The van der Waals surface area contributed by atoms with Crippen LogP contribution in [0.5, 0.6) is 0 Å². The molecule has 2 amide bonds. The number of ether oxygens (including phenoxy) is 2. The Balaban J connectivity index is 3.23. The van der Waals surface area contributed by atoms with Crippen molar-refractivity contribution in [1.82, 2.24) is 19.7 Å². The summed E-state index contributed by atoms with van der Waals surface area (Å²) in [5, 5.41) is 4.66. The predicted octanol–water partition coefficient (Wildman–Crippen LogP) is 1.86. The van der Waals surface area contributed by atoms with E-state index in [-0.39, 0.29) is 35.4 Å². The molecule has 1 aromatic heterocycles. The lowest BCUT2D eigenvalue weighted by atomic mass is 10.2. The first-order chi connectivity index (χ1) is 14.8. The van der Waals surface area contributed by atoms with Gasteiger partial charge in [0.15, 0.2) is 5.82 Å². The van der Waals surface area contributed by atoms with Crippen LogP contribution in [-0.4, -0.2) is 93.8 Å². The number of aromatic nitrogens is 3. The summed E-state index contributed by atoms with van der Waals surface area (Å²) in [5.74, 6) is -0.241. The number of hydrogen-bond acceptors (Lipinski definition) is 9. The predicted molar refractivity (Wildman–Crippen MR) is 118 cm³/mol. The molecule has 0 saturated heterocycles. The van der Waals surface area contributed by atoms with Crippen LogP contribution in [-0.2, 0) is 23.9 Å². The Morgan fingerprint density at radius 2 is 1.56 bits per heavy atom. The van der Waals surface area contributed by atoms with E-state index in [4.69, 9.17) is 9.47 Å². The van der Waals surface area contributed by atoms with Gasteiger partial charge in [-0.3, -0.25) is 9.59 Å². The molecule has 0 aliphatic carbocycles. The monoisotopic (exact) mass is 472 g/mol. The minimum Gasteiger partial charge on any atom is -0.457 e. The van der Waals surface area contributed by atoms with Gasteiger partial charge in [-0.1, -0.05) is 13.8 Å². The topological polar surface area (TPSA) is 121 Å². The normalized spacial score (nSPS) is 14.9. The van der Waals surface area contributed by atoms with Crippen LogP contribution < -0.4 is 0 Å². The van der Waals surface area contributed by atoms with Crippen molar-refractivity contribution in [3.8, 4) is 0 Å². The maximum absolute atomic E-state index is 12.6. The SMILES string of the molecule is CC(=O)OC(C)C[N+](C=O)(CSc1nc(C(C)C)nn1C(=O)N(C)C)CC(C)OC(C)=O. The molecule has 1 aromatic rings. The second-order valence-electron chi connectivity index (χ2n) is 8.30. The summed E-state index contributed by atoms with van der Waals surface area (Å²) in [6, 6.07) is -0.363. The highest BCUT2D eigenvalue weighted by molar-refractivity contribution is 7.99. The highest BCUT2D eigenvalue weighted by atomic mass is 32.2. The van der Waals surface area contributed by atoms with E-state index in [2.05, 4.69) is 10.1 Å². The van der Waals surface area contributed by atoms with Crippen LogP contribution >= 0.6 is 11.8 Å². The van der Waals surface area contributed by atoms with Gasteiger partial charge < -0.3 is 14.4 Å². The van der Waals surface area contributed by atoms with Crippen LogP contribution in [0.1, 0.15) is 53.3 Å². The van der Waals surface area contributed by atoms with Crippen LogP contribution in [0.15, 0.2) is 5.16 Å². The lowest BCUT2D eigenvalue weighted by Gasteiger charge is -2.34. The van der Waals surface area contributed by atoms with Gasteiger partial charge in [0.25, 0.3) is 0 Å². The van der Waals surface area contributed by atoms with Gasteiger partial charge in [0.1, 0.15) is 31.2 Å². The number of carbonyl (C=O) groups is 4. The van der Waals surface area contributed by atoms with Crippen LogP contribution in [0, 0.1) is 0 Å². The first-order valence-corrected chi connectivity index (χ1v) is 11.3. The van der Waals surface area contributed by atoms with Crippen molar-refractivity contribution in [2.24, 2.45) is 0 Å². The number of rotatable bonds is 11. The molecule has 11 nitrogen and oxygen atoms in total. The van der Waals surface area contributed by atoms with Gasteiger partial charge in [-0.25, -0.2) is 19.1 Å². The molecule has 0 radical (unpaired) electrons. The third-order valence-electron chi connectivity index (χ3n) is 4.32. The van der Waals surface area contributed by atoms with Crippen LogP contribution in [0.2, 0.25) is 0 Å². The molecule has 12 heteroatoms. The number of hydrogen-bond donors (Lipinski definition) is 0. The van der Waals surface area contributed by atoms with Crippen LogP contribution in [0.4, 0.5) is 4.79 Å². The second-order valence-corrected chi connectivity index (χ2v) is 9.21. The molecule has 0 spiro atoms. The molecule has 0 fully saturated rings. The molecule has 0 aromatic carbocycles. The van der Waals surface area contributed by atoms with E-state index >= 15 is 0 Å². The van der Waals surface area contributed by atoms with Gasteiger partial charge in [0.2, 0.25) is 5.16 Å². The molecule has 0 aliphatic heterocycles. The summed E-state index contributed by atoms with van der Waals surface area (Å²) in [5.41, 5.74) is 0. The fourth-order valence-corrected chi connectivity index (χ4v) is 4.16. The molecule has 180 valence electrons. The number of amides is 2. The standard InChI is InChI=1S/C20H34N5O6S/c1-13(2)18-21-19(24(22-18)20(29)23(7)8)32-12-25(11-26,9-14(3)30-16(5)27)10-15(4)31-17(6)28/h11,13-15H,9-10,12H2,1-8H3/q+1.